The number of ether oxygens (including phenoxy) is 2. The summed E-state index contributed by atoms with van der Waals surface area (Å²) >= 11 is 0. The van der Waals surface area contributed by atoms with Crippen molar-refractivity contribution in [2.45, 2.75) is 0 Å². The number of allylic oxidation sites excluding steroid dienone is 1. The summed E-state index contributed by atoms with van der Waals surface area (Å²) < 4.78 is 16.0. The summed E-state index contributed by atoms with van der Waals surface area (Å²) in [5, 5.41) is 19.5. The second-order valence-corrected chi connectivity index (χ2v) is 5.83. The molecule has 0 radical (unpaired) electrons. The molecule has 0 saturated carbocycles. The minimum atomic E-state index is -0.737. The standard InChI is InChI=1S/C20H12NO7/c22-19-16-7-6-15(11-17(16)28-18(19)10-14-5-2-8-26-14)27-20(23)12-3-1-4-13(9-12)21(24)25/h1-11,24H/q-1. The van der Waals surface area contributed by atoms with Crippen LogP contribution in [0.5, 0.6) is 11.5 Å². The van der Waals surface area contributed by atoms with Crippen LogP contribution >= 0.6 is 0 Å². The molecule has 8 nitrogen and oxygen atoms in total. The minimum Gasteiger partial charge on any atom is -0.733 e. The van der Waals surface area contributed by atoms with Crippen LogP contribution < -0.4 is 14.7 Å². The van der Waals surface area contributed by atoms with Crippen molar-refractivity contribution < 1.29 is 28.7 Å². The molecule has 28 heavy (non-hydrogen) atoms. The first-order valence-electron chi connectivity index (χ1n) is 8.11. The maximum absolute atomic E-state index is 12.4. The molecule has 1 aromatic heterocycles. The van der Waals surface area contributed by atoms with E-state index in [1.165, 1.54) is 54.8 Å². The second kappa shape index (κ2) is 7.03. The highest BCUT2D eigenvalue weighted by Crippen LogP contribution is 2.35. The molecule has 0 spiro atoms. The summed E-state index contributed by atoms with van der Waals surface area (Å²) in [6, 6.07) is 13.1. The monoisotopic (exact) mass is 378 g/mol. The molecule has 0 saturated heterocycles. The van der Waals surface area contributed by atoms with Crippen LogP contribution in [0.4, 0.5) is 5.69 Å². The molecule has 2 heterocycles. The number of ketones is 1. The van der Waals surface area contributed by atoms with Gasteiger partial charge in [-0.2, -0.15) is 0 Å². The van der Waals surface area contributed by atoms with E-state index in [1.807, 2.05) is 0 Å². The lowest BCUT2D eigenvalue weighted by Gasteiger charge is -2.21. The lowest BCUT2D eigenvalue weighted by Crippen LogP contribution is -2.11. The molecule has 0 unspecified atom stereocenters. The van der Waals surface area contributed by atoms with Gasteiger partial charge in [-0.25, -0.2) is 4.79 Å². The van der Waals surface area contributed by atoms with E-state index in [4.69, 9.17) is 19.1 Å². The molecule has 140 valence electrons. The fourth-order valence-electron chi connectivity index (χ4n) is 2.65. The Morgan fingerprint density at radius 2 is 2.00 bits per heavy atom. The number of benzene rings is 2. The molecule has 1 aliphatic heterocycles. The molecule has 0 fully saturated rings. The topological polar surface area (TPSA) is 112 Å². The Morgan fingerprint density at radius 1 is 1.14 bits per heavy atom. The first kappa shape index (κ1) is 17.5. The zero-order chi connectivity index (χ0) is 19.7. The third-order valence-corrected chi connectivity index (χ3v) is 3.97. The van der Waals surface area contributed by atoms with Gasteiger partial charge >= 0.3 is 5.97 Å². The van der Waals surface area contributed by atoms with Gasteiger partial charge in [0.15, 0.2) is 5.76 Å². The highest BCUT2D eigenvalue weighted by molar-refractivity contribution is 6.14. The van der Waals surface area contributed by atoms with Crippen LogP contribution in [-0.4, -0.2) is 17.0 Å². The van der Waals surface area contributed by atoms with Gasteiger partial charge in [-0.1, -0.05) is 6.07 Å². The first-order chi connectivity index (χ1) is 13.5. The normalized spacial score (nSPS) is 13.9. The van der Waals surface area contributed by atoms with E-state index in [-0.39, 0.29) is 39.5 Å². The number of Topliss-reactive ketones (excluding diaryl/α,β-unsaturated/α-hetero) is 1. The van der Waals surface area contributed by atoms with Crippen LogP contribution in [0.25, 0.3) is 6.08 Å². The zero-order valence-electron chi connectivity index (χ0n) is 14.2. The molecule has 0 bridgehead atoms. The summed E-state index contributed by atoms with van der Waals surface area (Å²) in [5.41, 5.74) is 0.301. The fraction of sp³-hybridized carbons (Fsp3) is 0. The molecule has 1 N–H and O–H groups in total. The van der Waals surface area contributed by atoms with E-state index in [0.29, 0.717) is 11.3 Å². The molecule has 4 rings (SSSR count). The van der Waals surface area contributed by atoms with E-state index in [2.05, 4.69) is 0 Å². The Hall–Kier alpha value is -3.88. The Kier molecular flexibility index (Phi) is 4.40. The summed E-state index contributed by atoms with van der Waals surface area (Å²) in [7, 11) is 0. The van der Waals surface area contributed by atoms with E-state index in [0.717, 1.165) is 0 Å². The maximum atomic E-state index is 12.4. The number of carbonyl (C=O) groups excluding carboxylic acids is 2. The molecule has 2 aromatic carbocycles. The third-order valence-electron chi connectivity index (χ3n) is 3.97. The van der Waals surface area contributed by atoms with Crippen LogP contribution in [0.15, 0.2) is 71.0 Å². The molecule has 0 atom stereocenters. The van der Waals surface area contributed by atoms with Crippen molar-refractivity contribution in [1.82, 2.24) is 0 Å². The van der Waals surface area contributed by atoms with Gasteiger partial charge in [0.05, 0.1) is 23.1 Å². The summed E-state index contributed by atoms with van der Waals surface area (Å²) in [6.07, 6.45) is 2.96. The summed E-state index contributed by atoms with van der Waals surface area (Å²) in [4.78, 5) is 24.7. The van der Waals surface area contributed by atoms with Crippen molar-refractivity contribution in [2.24, 2.45) is 0 Å². The quantitative estimate of drug-likeness (QED) is 0.316. The van der Waals surface area contributed by atoms with Crippen molar-refractivity contribution in [3.63, 3.8) is 0 Å². The number of rotatable bonds is 4. The summed E-state index contributed by atoms with van der Waals surface area (Å²) in [5.74, 6) is -0.0690. The van der Waals surface area contributed by atoms with Crippen molar-refractivity contribution in [2.75, 3.05) is 5.23 Å². The van der Waals surface area contributed by atoms with E-state index >= 15 is 0 Å². The third kappa shape index (κ3) is 3.37. The second-order valence-electron chi connectivity index (χ2n) is 5.83. The van der Waals surface area contributed by atoms with Crippen LogP contribution in [-0.2, 0) is 0 Å². The summed E-state index contributed by atoms with van der Waals surface area (Å²) in [6.45, 7) is 0. The largest absolute Gasteiger partial charge is 0.733 e. The molecule has 8 heteroatoms. The first-order valence-corrected chi connectivity index (χ1v) is 8.11. The highest BCUT2D eigenvalue weighted by atomic mass is 16.8. The van der Waals surface area contributed by atoms with Crippen LogP contribution in [0, 0.1) is 5.21 Å². The predicted molar refractivity (Wildman–Crippen MR) is 97.1 cm³/mol. The Morgan fingerprint density at radius 3 is 2.75 bits per heavy atom. The molecule has 0 amide bonds. The minimum absolute atomic E-state index is 0.0725. The Bertz CT molecular complexity index is 1080. The predicted octanol–water partition coefficient (Wildman–Crippen LogP) is 3.81. The van der Waals surface area contributed by atoms with Gasteiger partial charge in [0.2, 0.25) is 5.78 Å². The number of fused-ring (bicyclic) bond motifs is 1. The number of nitrogens with zero attached hydrogens (tertiary/aromatic N) is 1. The molecular formula is C20H12NO7-. The van der Waals surface area contributed by atoms with Gasteiger partial charge in [0.1, 0.15) is 17.3 Å². The van der Waals surface area contributed by atoms with Gasteiger partial charge in [0, 0.05) is 12.1 Å². The lowest BCUT2D eigenvalue weighted by molar-refractivity contribution is 0.0734. The van der Waals surface area contributed by atoms with Crippen molar-refractivity contribution >= 4 is 23.5 Å². The van der Waals surface area contributed by atoms with Gasteiger partial charge in [-0.05, 0) is 42.5 Å². The SMILES string of the molecule is O=C(Oc1ccc2c(c1)OC(=Cc1ccco1)C2=O)c1cccc(N([O-])O)c1. The number of furan rings is 1. The van der Waals surface area contributed by atoms with Crippen LogP contribution in [0.2, 0.25) is 0 Å². The van der Waals surface area contributed by atoms with Crippen LogP contribution in [0.3, 0.4) is 0 Å². The van der Waals surface area contributed by atoms with Gasteiger partial charge in [-0.15, -0.1) is 0 Å². The van der Waals surface area contributed by atoms with Crippen molar-refractivity contribution in [1.29, 1.82) is 0 Å². The average molecular weight is 378 g/mol. The lowest BCUT2D eigenvalue weighted by atomic mass is 10.1. The Balaban J connectivity index is 1.54. The average Bonchev–Trinajstić information content (AvgIpc) is 3.30. The van der Waals surface area contributed by atoms with Gasteiger partial charge in [0.25, 0.3) is 0 Å². The van der Waals surface area contributed by atoms with Gasteiger partial charge in [-0.3, -0.25) is 10.0 Å². The van der Waals surface area contributed by atoms with E-state index < -0.39 is 5.97 Å². The number of anilines is 1. The fourth-order valence-corrected chi connectivity index (χ4v) is 2.65. The van der Waals surface area contributed by atoms with E-state index in [1.54, 1.807) is 12.1 Å². The maximum Gasteiger partial charge on any atom is 0.343 e. The molecule has 1 aliphatic rings. The number of carbonyl (C=O) groups is 2. The van der Waals surface area contributed by atoms with Crippen molar-refractivity contribution in [3.8, 4) is 11.5 Å². The number of esters is 1. The highest BCUT2D eigenvalue weighted by Gasteiger charge is 2.28. The van der Waals surface area contributed by atoms with E-state index in [9.17, 15) is 14.8 Å². The molecule has 0 aliphatic carbocycles. The molecule has 3 aromatic rings. The van der Waals surface area contributed by atoms with Gasteiger partial charge < -0.3 is 24.3 Å². The van der Waals surface area contributed by atoms with Crippen molar-refractivity contribution in [3.05, 3.63) is 88.7 Å². The number of hydrogen-bond donors (Lipinski definition) is 1. The van der Waals surface area contributed by atoms with Crippen LogP contribution in [0.1, 0.15) is 26.5 Å². The number of hydrogen-bond acceptors (Lipinski definition) is 8. The smallest absolute Gasteiger partial charge is 0.343 e. The molecular weight excluding hydrogens is 366 g/mol. The Labute approximate surface area is 158 Å². The zero-order valence-corrected chi connectivity index (χ0v) is 14.2.